The maximum Gasteiger partial charge on any atom is 0.325 e. The van der Waals surface area contributed by atoms with E-state index >= 15 is 0 Å². The van der Waals surface area contributed by atoms with E-state index in [1.54, 1.807) is 27.7 Å². The summed E-state index contributed by atoms with van der Waals surface area (Å²) in [5.41, 5.74) is 2.65. The highest BCUT2D eigenvalue weighted by Crippen LogP contribution is 2.35. The third kappa shape index (κ3) is 3.96. The van der Waals surface area contributed by atoms with Crippen LogP contribution in [0.4, 0.5) is 0 Å². The van der Waals surface area contributed by atoms with Crippen LogP contribution in [-0.4, -0.2) is 50.0 Å². The van der Waals surface area contributed by atoms with Gasteiger partial charge in [-0.25, -0.2) is 4.52 Å². The molecular weight excluding hydrogens is 443 g/mol. The molecule has 1 aliphatic heterocycles. The maximum absolute atomic E-state index is 13.0. The van der Waals surface area contributed by atoms with Gasteiger partial charge < -0.3 is 15.3 Å². The number of aliphatic carboxylic acids is 1. The van der Waals surface area contributed by atoms with E-state index in [9.17, 15) is 14.4 Å². The molecule has 0 fully saturated rings. The Labute approximate surface area is 187 Å². The molecule has 4 rings (SSSR count). The lowest BCUT2D eigenvalue weighted by molar-refractivity contribution is -0.138. The fourth-order valence-electron chi connectivity index (χ4n) is 3.57. The highest BCUT2D eigenvalue weighted by molar-refractivity contribution is 6.40. The number of rotatable bonds is 4. The number of carbonyl (C=O) groups excluding carboxylic acids is 2. The number of carbonyl (C=O) groups is 3. The summed E-state index contributed by atoms with van der Waals surface area (Å²) in [5, 5.41) is 16.0. The standard InChI is InChI=1S/C21H18Cl2N4O4/c1-11(21(30)31)24-19(28)17-15(22)8-12-10-26(7-5-14(12)18(17)23)20(29)16-9-13-4-2-3-6-27(13)25-16/h2-4,6,8-9,11H,5,7,10H2,1H3,(H,24,28)(H,30,31)/t11-/m0/s1. The Morgan fingerprint density at radius 3 is 2.71 bits per heavy atom. The monoisotopic (exact) mass is 460 g/mol. The van der Waals surface area contributed by atoms with Crippen molar-refractivity contribution in [1.82, 2.24) is 19.8 Å². The molecule has 0 aliphatic carbocycles. The van der Waals surface area contributed by atoms with Crippen molar-refractivity contribution in [3.05, 3.63) is 69.0 Å². The predicted octanol–water partition coefficient (Wildman–Crippen LogP) is 3.04. The molecule has 8 nitrogen and oxygen atoms in total. The summed E-state index contributed by atoms with van der Waals surface area (Å²) in [5.74, 6) is -2.03. The van der Waals surface area contributed by atoms with Gasteiger partial charge in [0.1, 0.15) is 6.04 Å². The highest BCUT2D eigenvalue weighted by Gasteiger charge is 2.29. The van der Waals surface area contributed by atoms with Crippen molar-refractivity contribution in [2.45, 2.75) is 25.9 Å². The van der Waals surface area contributed by atoms with Gasteiger partial charge in [-0.3, -0.25) is 14.4 Å². The van der Waals surface area contributed by atoms with E-state index in [0.717, 1.165) is 16.6 Å². The summed E-state index contributed by atoms with van der Waals surface area (Å²) in [7, 11) is 0. The van der Waals surface area contributed by atoms with Gasteiger partial charge in [0.25, 0.3) is 11.8 Å². The number of carboxylic acids is 1. The third-order valence-corrected chi connectivity index (χ3v) is 5.94. The van der Waals surface area contributed by atoms with Crippen LogP contribution in [0.25, 0.3) is 5.52 Å². The lowest BCUT2D eigenvalue weighted by Gasteiger charge is -2.30. The van der Waals surface area contributed by atoms with Gasteiger partial charge >= 0.3 is 5.97 Å². The van der Waals surface area contributed by atoms with E-state index in [1.165, 1.54) is 6.92 Å². The maximum atomic E-state index is 13.0. The van der Waals surface area contributed by atoms with Gasteiger partial charge in [-0.1, -0.05) is 29.3 Å². The van der Waals surface area contributed by atoms with Crippen molar-refractivity contribution in [2.75, 3.05) is 6.54 Å². The van der Waals surface area contributed by atoms with Crippen LogP contribution in [0.2, 0.25) is 10.0 Å². The molecule has 3 heterocycles. The Balaban J connectivity index is 1.59. The largest absolute Gasteiger partial charge is 0.480 e. The van der Waals surface area contributed by atoms with E-state index < -0.39 is 17.9 Å². The number of hydrogen-bond acceptors (Lipinski definition) is 4. The molecule has 3 aromatic rings. The van der Waals surface area contributed by atoms with Crippen molar-refractivity contribution in [3.8, 4) is 0 Å². The summed E-state index contributed by atoms with van der Waals surface area (Å²) in [6.07, 6.45) is 2.20. The Hall–Kier alpha value is -3.10. The minimum atomic E-state index is -1.17. The first-order chi connectivity index (χ1) is 14.8. The van der Waals surface area contributed by atoms with Crippen LogP contribution >= 0.6 is 23.2 Å². The van der Waals surface area contributed by atoms with Crippen molar-refractivity contribution in [3.63, 3.8) is 0 Å². The minimum Gasteiger partial charge on any atom is -0.480 e. The van der Waals surface area contributed by atoms with Gasteiger partial charge in [0, 0.05) is 19.3 Å². The Bertz CT molecular complexity index is 1190. The number of nitrogens with zero attached hydrogens (tertiary/aromatic N) is 3. The van der Waals surface area contributed by atoms with Gasteiger partial charge in [-0.05, 0) is 48.7 Å². The van der Waals surface area contributed by atoms with Gasteiger partial charge in [0.15, 0.2) is 5.69 Å². The normalized spacial score (nSPS) is 14.2. The zero-order valence-electron chi connectivity index (χ0n) is 16.4. The fraction of sp³-hybridized carbons (Fsp3) is 0.238. The number of nitrogens with one attached hydrogen (secondary N) is 1. The Morgan fingerprint density at radius 1 is 1.23 bits per heavy atom. The van der Waals surface area contributed by atoms with Crippen LogP contribution in [0.3, 0.4) is 0 Å². The second-order valence-corrected chi connectivity index (χ2v) is 8.08. The molecule has 0 spiro atoms. The molecule has 2 N–H and O–H groups in total. The number of carboxylic acid groups (broad SMARTS) is 1. The number of halogens is 2. The Morgan fingerprint density at radius 2 is 2.00 bits per heavy atom. The molecule has 0 saturated heterocycles. The molecule has 31 heavy (non-hydrogen) atoms. The van der Waals surface area contributed by atoms with Crippen molar-refractivity contribution < 1.29 is 19.5 Å². The van der Waals surface area contributed by atoms with Crippen molar-refractivity contribution in [1.29, 1.82) is 0 Å². The summed E-state index contributed by atoms with van der Waals surface area (Å²) in [6.45, 7) is 2.02. The fourth-order valence-corrected chi connectivity index (χ4v) is 4.33. The predicted molar refractivity (Wildman–Crippen MR) is 115 cm³/mol. The van der Waals surface area contributed by atoms with Crippen LogP contribution in [0, 0.1) is 0 Å². The molecule has 0 saturated carbocycles. The van der Waals surface area contributed by atoms with E-state index in [0.29, 0.717) is 18.7 Å². The Kier molecular flexibility index (Phi) is 5.60. The molecule has 10 heteroatoms. The topological polar surface area (TPSA) is 104 Å². The third-order valence-electron chi connectivity index (χ3n) is 5.23. The van der Waals surface area contributed by atoms with Crippen molar-refractivity contribution in [2.24, 2.45) is 0 Å². The zero-order valence-corrected chi connectivity index (χ0v) is 17.9. The molecule has 2 amide bonds. The highest BCUT2D eigenvalue weighted by atomic mass is 35.5. The second-order valence-electron chi connectivity index (χ2n) is 7.29. The molecular formula is C21H18Cl2N4O4. The van der Waals surface area contributed by atoms with E-state index in [-0.39, 0.29) is 28.1 Å². The van der Waals surface area contributed by atoms with E-state index in [1.807, 2.05) is 18.2 Å². The van der Waals surface area contributed by atoms with Crippen LogP contribution in [0.1, 0.15) is 38.9 Å². The lowest BCUT2D eigenvalue weighted by Crippen LogP contribution is -2.39. The molecule has 0 unspecified atom stereocenters. The number of hydrogen-bond donors (Lipinski definition) is 2. The van der Waals surface area contributed by atoms with Crippen molar-refractivity contribution >= 4 is 46.5 Å². The van der Waals surface area contributed by atoms with Gasteiger partial charge in [0.05, 0.1) is 21.1 Å². The number of benzene rings is 1. The number of aromatic nitrogens is 2. The summed E-state index contributed by atoms with van der Waals surface area (Å²) < 4.78 is 1.64. The molecule has 0 bridgehead atoms. The smallest absolute Gasteiger partial charge is 0.325 e. The van der Waals surface area contributed by atoms with E-state index in [2.05, 4.69) is 10.4 Å². The molecule has 0 radical (unpaired) electrons. The molecule has 2 aromatic heterocycles. The molecule has 1 aliphatic rings. The number of pyridine rings is 1. The summed E-state index contributed by atoms with van der Waals surface area (Å²) >= 11 is 12.8. The first kappa shape index (κ1) is 21.1. The average Bonchev–Trinajstić information content (AvgIpc) is 3.16. The van der Waals surface area contributed by atoms with Crippen LogP contribution in [0.15, 0.2) is 36.5 Å². The van der Waals surface area contributed by atoms with Crippen LogP contribution in [-0.2, 0) is 17.8 Å². The zero-order chi connectivity index (χ0) is 22.3. The van der Waals surface area contributed by atoms with Gasteiger partial charge in [-0.2, -0.15) is 5.10 Å². The van der Waals surface area contributed by atoms with Crippen LogP contribution < -0.4 is 5.32 Å². The molecule has 160 valence electrons. The number of amides is 2. The minimum absolute atomic E-state index is 0.0373. The quantitative estimate of drug-likeness (QED) is 0.622. The lowest BCUT2D eigenvalue weighted by atomic mass is 9.96. The summed E-state index contributed by atoms with van der Waals surface area (Å²) in [4.78, 5) is 38.2. The van der Waals surface area contributed by atoms with E-state index in [4.69, 9.17) is 28.3 Å². The molecule has 1 aromatic carbocycles. The first-order valence-electron chi connectivity index (χ1n) is 9.53. The second kappa shape index (κ2) is 8.20. The van der Waals surface area contributed by atoms with Crippen LogP contribution in [0.5, 0.6) is 0 Å². The average molecular weight is 461 g/mol. The van der Waals surface area contributed by atoms with Gasteiger partial charge in [0.2, 0.25) is 0 Å². The SMILES string of the molecule is C[C@H](NC(=O)c1c(Cl)cc2c(c1Cl)CCN(C(=O)c1cc3ccccn3n1)C2)C(=O)O. The summed E-state index contributed by atoms with van der Waals surface area (Å²) in [6, 6.07) is 7.82. The number of fused-ring (bicyclic) bond motifs is 2. The first-order valence-corrected chi connectivity index (χ1v) is 10.3. The molecule has 1 atom stereocenters. The van der Waals surface area contributed by atoms with Gasteiger partial charge in [-0.15, -0.1) is 0 Å².